The molecule has 31 heavy (non-hydrogen) atoms. The Hall–Kier alpha value is -2.85. The Labute approximate surface area is 179 Å². The molecule has 0 N–H and O–H groups in total. The molecule has 2 fully saturated rings. The molecule has 7 heteroatoms. The van der Waals surface area contributed by atoms with E-state index in [1.807, 2.05) is 17.0 Å². The van der Waals surface area contributed by atoms with E-state index in [2.05, 4.69) is 11.0 Å². The summed E-state index contributed by atoms with van der Waals surface area (Å²) in [6.45, 7) is 3.54. The number of hydrogen-bond acceptors (Lipinski definition) is 3. The van der Waals surface area contributed by atoms with Gasteiger partial charge in [0.1, 0.15) is 0 Å². The van der Waals surface area contributed by atoms with Crippen LogP contribution in [0.15, 0.2) is 48.5 Å². The Bertz CT molecular complexity index is 981. The lowest BCUT2D eigenvalue weighted by Gasteiger charge is -2.22. The van der Waals surface area contributed by atoms with E-state index < -0.39 is 11.7 Å². The van der Waals surface area contributed by atoms with Gasteiger partial charge in [-0.15, -0.1) is 0 Å². The summed E-state index contributed by atoms with van der Waals surface area (Å²) in [5.74, 6) is -0.723. The highest BCUT2D eigenvalue weighted by atomic mass is 19.4. The van der Waals surface area contributed by atoms with Crippen molar-refractivity contribution in [3.8, 4) is 6.07 Å². The number of nitrogens with zero attached hydrogens (tertiary/aromatic N) is 3. The maximum atomic E-state index is 13.3. The van der Waals surface area contributed by atoms with E-state index in [9.17, 15) is 18.0 Å². The molecule has 1 aliphatic heterocycles. The second kappa shape index (κ2) is 8.72. The van der Waals surface area contributed by atoms with Gasteiger partial charge in [0.25, 0.3) is 0 Å². The maximum Gasteiger partial charge on any atom is 0.416 e. The van der Waals surface area contributed by atoms with Crippen LogP contribution in [-0.4, -0.2) is 41.9 Å². The standard InChI is InChI=1S/C24H24F3N3O/c25-24(26,27)22-5-2-1-4-19(22)20-14-21(20)23(31)30-11-3-10-29(12-13-30)16-18-8-6-17(15-28)7-9-18/h1-2,4-9,20-21H,3,10-14,16H2. The molecular formula is C24H24F3N3O. The van der Waals surface area contributed by atoms with Crippen LogP contribution in [0.25, 0.3) is 0 Å². The number of carbonyl (C=O) groups excluding carboxylic acids is 1. The molecule has 2 atom stereocenters. The molecule has 1 heterocycles. The molecule has 162 valence electrons. The van der Waals surface area contributed by atoms with Crippen molar-refractivity contribution < 1.29 is 18.0 Å². The molecule has 2 unspecified atom stereocenters. The first-order valence-corrected chi connectivity index (χ1v) is 10.5. The molecule has 4 nitrogen and oxygen atoms in total. The lowest BCUT2D eigenvalue weighted by atomic mass is 10.0. The van der Waals surface area contributed by atoms with Crippen LogP contribution in [0.5, 0.6) is 0 Å². The molecule has 4 rings (SSSR count). The fourth-order valence-corrected chi connectivity index (χ4v) is 4.42. The zero-order chi connectivity index (χ0) is 22.0. The predicted octanol–water partition coefficient (Wildman–Crippen LogP) is 4.42. The minimum absolute atomic E-state index is 0.0257. The normalized spacial score (nSPS) is 21.9. The number of hydrogen-bond donors (Lipinski definition) is 0. The number of carbonyl (C=O) groups is 1. The average Bonchev–Trinajstić information content (AvgIpc) is 3.58. The van der Waals surface area contributed by atoms with Crippen LogP contribution in [0.1, 0.15) is 41.0 Å². The highest BCUT2D eigenvalue weighted by molar-refractivity contribution is 5.83. The fraction of sp³-hybridized carbons (Fsp3) is 0.417. The van der Waals surface area contributed by atoms with E-state index in [0.717, 1.165) is 37.7 Å². The molecular weight excluding hydrogens is 403 g/mol. The first-order chi connectivity index (χ1) is 14.9. The number of halogens is 3. The third-order valence-electron chi connectivity index (χ3n) is 6.16. The Kier molecular flexibility index (Phi) is 6.01. The van der Waals surface area contributed by atoms with Gasteiger partial charge in [-0.1, -0.05) is 30.3 Å². The van der Waals surface area contributed by atoms with E-state index >= 15 is 0 Å². The van der Waals surface area contributed by atoms with E-state index in [4.69, 9.17) is 5.26 Å². The Morgan fingerprint density at radius 1 is 1.03 bits per heavy atom. The molecule has 1 amide bonds. The Morgan fingerprint density at radius 2 is 1.77 bits per heavy atom. The van der Waals surface area contributed by atoms with Gasteiger partial charge in [-0.3, -0.25) is 9.69 Å². The van der Waals surface area contributed by atoms with Crippen LogP contribution in [-0.2, 0) is 17.5 Å². The minimum Gasteiger partial charge on any atom is -0.341 e. The van der Waals surface area contributed by atoms with Gasteiger partial charge in [-0.2, -0.15) is 18.4 Å². The Balaban J connectivity index is 1.35. The van der Waals surface area contributed by atoms with Crippen LogP contribution in [0.4, 0.5) is 13.2 Å². The molecule has 2 aliphatic rings. The van der Waals surface area contributed by atoms with Gasteiger partial charge in [0.15, 0.2) is 0 Å². The van der Waals surface area contributed by atoms with Gasteiger partial charge < -0.3 is 4.90 Å². The van der Waals surface area contributed by atoms with Crippen molar-refractivity contribution in [3.05, 3.63) is 70.8 Å². The third-order valence-corrected chi connectivity index (χ3v) is 6.16. The summed E-state index contributed by atoms with van der Waals surface area (Å²) >= 11 is 0. The SMILES string of the molecule is N#Cc1ccc(CN2CCCN(C(=O)C3CC3c3ccccc3C(F)(F)F)CC2)cc1. The highest BCUT2D eigenvalue weighted by Crippen LogP contribution is 2.51. The monoisotopic (exact) mass is 427 g/mol. The molecule has 2 aromatic rings. The van der Waals surface area contributed by atoms with Crippen LogP contribution in [0.3, 0.4) is 0 Å². The van der Waals surface area contributed by atoms with Gasteiger partial charge in [0.05, 0.1) is 17.2 Å². The van der Waals surface area contributed by atoms with E-state index in [1.54, 1.807) is 18.2 Å². The first kappa shape index (κ1) is 21.4. The minimum atomic E-state index is -4.40. The van der Waals surface area contributed by atoms with Gasteiger partial charge in [0, 0.05) is 38.6 Å². The van der Waals surface area contributed by atoms with Crippen molar-refractivity contribution >= 4 is 5.91 Å². The second-order valence-electron chi connectivity index (χ2n) is 8.30. The van der Waals surface area contributed by atoms with Crippen molar-refractivity contribution in [2.24, 2.45) is 5.92 Å². The number of nitriles is 1. The lowest BCUT2D eigenvalue weighted by molar-refractivity contribution is -0.138. The largest absolute Gasteiger partial charge is 0.416 e. The van der Waals surface area contributed by atoms with Crippen LogP contribution < -0.4 is 0 Å². The quantitative estimate of drug-likeness (QED) is 0.726. The van der Waals surface area contributed by atoms with Crippen molar-refractivity contribution in [2.45, 2.75) is 31.5 Å². The smallest absolute Gasteiger partial charge is 0.341 e. The van der Waals surface area contributed by atoms with Gasteiger partial charge >= 0.3 is 6.18 Å². The summed E-state index contributed by atoms with van der Waals surface area (Å²) < 4.78 is 40.0. The molecule has 1 saturated heterocycles. The van der Waals surface area contributed by atoms with Crippen molar-refractivity contribution in [1.82, 2.24) is 9.80 Å². The van der Waals surface area contributed by atoms with E-state index in [0.29, 0.717) is 25.1 Å². The van der Waals surface area contributed by atoms with Crippen molar-refractivity contribution in [1.29, 1.82) is 5.26 Å². The molecule has 2 aromatic carbocycles. The Morgan fingerprint density at radius 3 is 2.48 bits per heavy atom. The predicted molar refractivity (Wildman–Crippen MR) is 110 cm³/mol. The number of amides is 1. The summed E-state index contributed by atoms with van der Waals surface area (Å²) in [5.41, 5.74) is 1.36. The zero-order valence-electron chi connectivity index (χ0n) is 17.1. The van der Waals surface area contributed by atoms with E-state index in [1.165, 1.54) is 12.1 Å². The summed E-state index contributed by atoms with van der Waals surface area (Å²) in [7, 11) is 0. The number of benzene rings is 2. The molecule has 1 aliphatic carbocycles. The van der Waals surface area contributed by atoms with Gasteiger partial charge in [0.2, 0.25) is 5.91 Å². The molecule has 0 spiro atoms. The molecule has 1 saturated carbocycles. The summed E-state index contributed by atoms with van der Waals surface area (Å²) in [4.78, 5) is 17.1. The first-order valence-electron chi connectivity index (χ1n) is 10.5. The average molecular weight is 427 g/mol. The topological polar surface area (TPSA) is 47.3 Å². The van der Waals surface area contributed by atoms with Crippen LogP contribution >= 0.6 is 0 Å². The summed E-state index contributed by atoms with van der Waals surface area (Å²) in [5, 5.41) is 8.91. The second-order valence-corrected chi connectivity index (χ2v) is 8.30. The highest BCUT2D eigenvalue weighted by Gasteiger charge is 2.49. The lowest BCUT2D eigenvalue weighted by Crippen LogP contribution is -2.36. The van der Waals surface area contributed by atoms with Crippen LogP contribution in [0, 0.1) is 17.2 Å². The van der Waals surface area contributed by atoms with Gasteiger partial charge in [-0.05, 0) is 48.1 Å². The fourth-order valence-electron chi connectivity index (χ4n) is 4.42. The van der Waals surface area contributed by atoms with Crippen molar-refractivity contribution in [3.63, 3.8) is 0 Å². The number of alkyl halides is 3. The molecule has 0 radical (unpaired) electrons. The van der Waals surface area contributed by atoms with Crippen LogP contribution in [0.2, 0.25) is 0 Å². The summed E-state index contributed by atoms with van der Waals surface area (Å²) in [6, 6.07) is 15.2. The summed E-state index contributed by atoms with van der Waals surface area (Å²) in [6.07, 6.45) is -3.09. The molecule has 0 aromatic heterocycles. The van der Waals surface area contributed by atoms with Gasteiger partial charge in [-0.25, -0.2) is 0 Å². The zero-order valence-corrected chi connectivity index (χ0v) is 17.1. The molecule has 0 bridgehead atoms. The number of rotatable bonds is 4. The van der Waals surface area contributed by atoms with E-state index in [-0.39, 0.29) is 23.3 Å². The third kappa shape index (κ3) is 4.91. The maximum absolute atomic E-state index is 13.3. The van der Waals surface area contributed by atoms with Crippen molar-refractivity contribution in [2.75, 3.05) is 26.2 Å².